The third-order valence-electron chi connectivity index (χ3n) is 3.64. The maximum absolute atomic E-state index is 10.9. The molecule has 2 nitrogen and oxygen atoms in total. The van der Waals surface area contributed by atoms with Crippen molar-refractivity contribution >= 4 is 5.97 Å². The van der Waals surface area contributed by atoms with Crippen molar-refractivity contribution in [1.29, 1.82) is 0 Å². The first-order chi connectivity index (χ1) is 5.13. The molecule has 11 heavy (non-hydrogen) atoms. The zero-order valence-corrected chi connectivity index (χ0v) is 6.84. The van der Waals surface area contributed by atoms with Crippen LogP contribution in [0.3, 0.4) is 0 Å². The van der Waals surface area contributed by atoms with E-state index in [1.54, 1.807) is 0 Å². The van der Waals surface area contributed by atoms with Crippen LogP contribution in [-0.2, 0) is 4.79 Å². The Hall–Kier alpha value is -0.530. The molecule has 2 bridgehead atoms. The third-order valence-corrected chi connectivity index (χ3v) is 3.64. The van der Waals surface area contributed by atoms with Gasteiger partial charge in [-0.25, -0.2) is 0 Å². The molecule has 2 heteroatoms. The molecule has 0 radical (unpaired) electrons. The van der Waals surface area contributed by atoms with Crippen molar-refractivity contribution in [2.45, 2.75) is 32.6 Å². The summed E-state index contributed by atoms with van der Waals surface area (Å²) in [5.41, 5.74) is -0.372. The van der Waals surface area contributed by atoms with Gasteiger partial charge in [-0.1, -0.05) is 6.42 Å². The second-order valence-electron chi connectivity index (χ2n) is 4.30. The van der Waals surface area contributed by atoms with Crippen molar-refractivity contribution in [2.24, 2.45) is 17.3 Å². The molecule has 0 heterocycles. The number of rotatable bonds is 1. The molecular formula is C9H14O2. The van der Waals surface area contributed by atoms with Gasteiger partial charge in [-0.15, -0.1) is 0 Å². The molecule has 0 amide bonds. The summed E-state index contributed by atoms with van der Waals surface area (Å²) in [5, 5.41) is 8.99. The van der Waals surface area contributed by atoms with Gasteiger partial charge < -0.3 is 5.11 Å². The highest BCUT2D eigenvalue weighted by molar-refractivity contribution is 5.75. The number of carboxylic acid groups (broad SMARTS) is 1. The van der Waals surface area contributed by atoms with Crippen LogP contribution in [0.2, 0.25) is 0 Å². The Balaban J connectivity index is 2.23. The molecule has 0 aromatic carbocycles. The van der Waals surface area contributed by atoms with Crippen LogP contribution in [0.15, 0.2) is 0 Å². The van der Waals surface area contributed by atoms with Crippen LogP contribution < -0.4 is 0 Å². The summed E-state index contributed by atoms with van der Waals surface area (Å²) < 4.78 is 0. The highest BCUT2D eigenvalue weighted by Gasteiger charge is 2.52. The number of carboxylic acids is 1. The van der Waals surface area contributed by atoms with Crippen molar-refractivity contribution in [3.8, 4) is 0 Å². The average Bonchev–Trinajstić information content (AvgIpc) is 2.45. The third kappa shape index (κ3) is 0.815. The lowest BCUT2D eigenvalue weighted by atomic mass is 9.75. The molecule has 0 aliphatic heterocycles. The van der Waals surface area contributed by atoms with Gasteiger partial charge in [-0.2, -0.15) is 0 Å². The molecule has 0 unspecified atom stereocenters. The second kappa shape index (κ2) is 1.99. The van der Waals surface area contributed by atoms with Crippen molar-refractivity contribution in [1.82, 2.24) is 0 Å². The summed E-state index contributed by atoms with van der Waals surface area (Å²) in [4.78, 5) is 10.9. The maximum atomic E-state index is 10.9. The van der Waals surface area contributed by atoms with Crippen LogP contribution in [0.5, 0.6) is 0 Å². The quantitative estimate of drug-likeness (QED) is 0.626. The SMILES string of the molecule is C[C@@]1(C(=O)O)C[C@@H]2CC[C@@H]1C2. The fourth-order valence-corrected chi connectivity index (χ4v) is 2.87. The number of hydrogen-bond acceptors (Lipinski definition) is 1. The van der Waals surface area contributed by atoms with Gasteiger partial charge in [0, 0.05) is 0 Å². The van der Waals surface area contributed by atoms with E-state index in [0.717, 1.165) is 18.8 Å². The number of fused-ring (bicyclic) bond motifs is 2. The molecule has 0 spiro atoms. The number of aliphatic carboxylic acids is 1. The van der Waals surface area contributed by atoms with Gasteiger partial charge in [0.1, 0.15) is 0 Å². The van der Waals surface area contributed by atoms with Crippen LogP contribution in [-0.4, -0.2) is 11.1 Å². The van der Waals surface area contributed by atoms with E-state index in [1.165, 1.54) is 12.8 Å². The molecule has 1 N–H and O–H groups in total. The van der Waals surface area contributed by atoms with E-state index >= 15 is 0 Å². The Kier molecular flexibility index (Phi) is 1.29. The molecule has 2 aliphatic rings. The van der Waals surface area contributed by atoms with E-state index in [-0.39, 0.29) is 5.41 Å². The number of hydrogen-bond donors (Lipinski definition) is 1. The lowest BCUT2D eigenvalue weighted by Gasteiger charge is -2.28. The molecule has 2 rings (SSSR count). The Labute approximate surface area is 66.6 Å². The lowest BCUT2D eigenvalue weighted by Crippen LogP contribution is -2.32. The fraction of sp³-hybridized carbons (Fsp3) is 0.889. The maximum Gasteiger partial charge on any atom is 0.309 e. The topological polar surface area (TPSA) is 37.3 Å². The zero-order chi connectivity index (χ0) is 8.06. The van der Waals surface area contributed by atoms with Gasteiger partial charge in [0.15, 0.2) is 0 Å². The monoisotopic (exact) mass is 154 g/mol. The standard InChI is InChI=1S/C9H14O2/c1-9(8(10)11)5-6-2-3-7(9)4-6/h6-7H,2-5H2,1H3,(H,10,11)/t6-,7-,9-/m1/s1. The zero-order valence-electron chi connectivity index (χ0n) is 6.84. The van der Waals surface area contributed by atoms with Crippen LogP contribution in [0.1, 0.15) is 32.6 Å². The normalized spacial score (nSPS) is 48.1. The minimum Gasteiger partial charge on any atom is -0.481 e. The van der Waals surface area contributed by atoms with Crippen molar-refractivity contribution < 1.29 is 9.90 Å². The molecular weight excluding hydrogens is 140 g/mol. The van der Waals surface area contributed by atoms with Crippen molar-refractivity contribution in [3.05, 3.63) is 0 Å². The summed E-state index contributed by atoms with van der Waals surface area (Å²) in [5.74, 6) is 0.621. The smallest absolute Gasteiger partial charge is 0.309 e. The predicted molar refractivity (Wildman–Crippen MR) is 41.2 cm³/mol. The summed E-state index contributed by atoms with van der Waals surface area (Å²) in [7, 11) is 0. The summed E-state index contributed by atoms with van der Waals surface area (Å²) in [6, 6.07) is 0. The molecule has 2 saturated carbocycles. The van der Waals surface area contributed by atoms with Crippen molar-refractivity contribution in [3.63, 3.8) is 0 Å². The Morgan fingerprint density at radius 2 is 2.27 bits per heavy atom. The van der Waals surface area contributed by atoms with Gasteiger partial charge in [0.05, 0.1) is 5.41 Å². The van der Waals surface area contributed by atoms with Gasteiger partial charge >= 0.3 is 5.97 Å². The van der Waals surface area contributed by atoms with Gasteiger partial charge in [0.25, 0.3) is 0 Å². The van der Waals surface area contributed by atoms with Crippen LogP contribution in [0, 0.1) is 17.3 Å². The van der Waals surface area contributed by atoms with Crippen LogP contribution in [0.25, 0.3) is 0 Å². The Morgan fingerprint density at radius 3 is 2.55 bits per heavy atom. The number of carbonyl (C=O) groups is 1. The largest absolute Gasteiger partial charge is 0.481 e. The van der Waals surface area contributed by atoms with Crippen LogP contribution in [0.4, 0.5) is 0 Å². The fourth-order valence-electron chi connectivity index (χ4n) is 2.87. The summed E-state index contributed by atoms with van der Waals surface area (Å²) in [6.45, 7) is 1.92. The van der Waals surface area contributed by atoms with Gasteiger partial charge in [0.2, 0.25) is 0 Å². The molecule has 2 fully saturated rings. The first-order valence-electron chi connectivity index (χ1n) is 4.36. The van der Waals surface area contributed by atoms with E-state index < -0.39 is 5.97 Å². The second-order valence-corrected chi connectivity index (χ2v) is 4.30. The molecule has 62 valence electrons. The first-order valence-corrected chi connectivity index (χ1v) is 4.36. The lowest BCUT2D eigenvalue weighted by molar-refractivity contribution is -0.151. The van der Waals surface area contributed by atoms with E-state index in [9.17, 15) is 4.79 Å². The van der Waals surface area contributed by atoms with Crippen molar-refractivity contribution in [2.75, 3.05) is 0 Å². The van der Waals surface area contributed by atoms with E-state index in [4.69, 9.17) is 5.11 Å². The predicted octanol–water partition coefficient (Wildman–Crippen LogP) is 1.90. The minimum absolute atomic E-state index is 0.372. The molecule has 0 saturated heterocycles. The highest BCUT2D eigenvalue weighted by Crippen LogP contribution is 2.55. The van der Waals surface area contributed by atoms with E-state index in [1.807, 2.05) is 6.92 Å². The first kappa shape index (κ1) is 7.14. The van der Waals surface area contributed by atoms with Crippen LogP contribution >= 0.6 is 0 Å². The highest BCUT2D eigenvalue weighted by atomic mass is 16.4. The Bertz CT molecular complexity index is 200. The summed E-state index contributed by atoms with van der Waals surface area (Å²) >= 11 is 0. The van der Waals surface area contributed by atoms with E-state index in [2.05, 4.69) is 0 Å². The van der Waals surface area contributed by atoms with E-state index in [0.29, 0.717) is 5.92 Å². The summed E-state index contributed by atoms with van der Waals surface area (Å²) in [6.07, 6.45) is 4.51. The Morgan fingerprint density at radius 1 is 1.55 bits per heavy atom. The average molecular weight is 154 g/mol. The van der Waals surface area contributed by atoms with Gasteiger partial charge in [-0.3, -0.25) is 4.79 Å². The molecule has 0 aromatic heterocycles. The molecule has 2 aliphatic carbocycles. The molecule has 0 aromatic rings. The van der Waals surface area contributed by atoms with Gasteiger partial charge in [-0.05, 0) is 38.0 Å². The molecule has 3 atom stereocenters. The minimum atomic E-state index is -0.579.